The average Bonchev–Trinajstić information content (AvgIpc) is 3.47. The Bertz CT molecular complexity index is 1370. The first-order valence-electron chi connectivity index (χ1n) is 14.9. The molecule has 1 aromatic heterocycles. The number of benzene rings is 2. The van der Waals surface area contributed by atoms with E-state index in [4.69, 9.17) is 14.2 Å². The van der Waals surface area contributed by atoms with E-state index in [1.165, 1.54) is 6.20 Å². The van der Waals surface area contributed by atoms with Crippen LogP contribution < -0.4 is 5.32 Å². The highest BCUT2D eigenvalue weighted by Gasteiger charge is 2.42. The third-order valence-electron chi connectivity index (χ3n) is 7.94. The van der Waals surface area contributed by atoms with Crippen molar-refractivity contribution in [2.45, 2.75) is 77.3 Å². The van der Waals surface area contributed by atoms with Crippen LogP contribution in [0.3, 0.4) is 0 Å². The second-order valence-electron chi connectivity index (χ2n) is 12.3. The van der Waals surface area contributed by atoms with Gasteiger partial charge in [-0.2, -0.15) is 0 Å². The van der Waals surface area contributed by atoms with Gasteiger partial charge in [0.15, 0.2) is 6.29 Å². The third-order valence-corrected chi connectivity index (χ3v) is 7.94. The summed E-state index contributed by atoms with van der Waals surface area (Å²) in [5, 5.41) is 12.4. The minimum absolute atomic E-state index is 0.0193. The molecule has 0 saturated carbocycles. The molecule has 0 radical (unpaired) electrons. The van der Waals surface area contributed by atoms with Gasteiger partial charge in [0.25, 0.3) is 5.91 Å². The summed E-state index contributed by atoms with van der Waals surface area (Å²) in [6.07, 6.45) is 3.67. The van der Waals surface area contributed by atoms with E-state index in [1.54, 1.807) is 18.3 Å². The van der Waals surface area contributed by atoms with Crippen LogP contribution in [-0.2, 0) is 25.6 Å². The fourth-order valence-electron chi connectivity index (χ4n) is 5.66. The van der Waals surface area contributed by atoms with Crippen molar-refractivity contribution in [1.29, 1.82) is 0 Å². The molecule has 3 aromatic rings. The summed E-state index contributed by atoms with van der Waals surface area (Å²) in [7, 11) is 0. The van der Waals surface area contributed by atoms with E-state index < -0.39 is 11.9 Å². The number of aromatic nitrogens is 1. The summed E-state index contributed by atoms with van der Waals surface area (Å²) in [6.45, 7) is 9.11. The predicted molar refractivity (Wildman–Crippen MR) is 162 cm³/mol. The van der Waals surface area contributed by atoms with Crippen LogP contribution in [0.2, 0.25) is 0 Å². The summed E-state index contributed by atoms with van der Waals surface area (Å²) in [4.78, 5) is 31.8. The number of amides is 1. The lowest BCUT2D eigenvalue weighted by molar-refractivity contribution is -0.276. The molecule has 2 aromatic carbocycles. The van der Waals surface area contributed by atoms with Gasteiger partial charge in [0.1, 0.15) is 11.6 Å². The SMILES string of the molecule is C[C@@H]1[C@H](CN2CCC[C@H]2C(=O)OC(C)(C)C)O[C@H](c2ccc(NC(=O)c3cccnc3)cc2)O[C@@H]1c1ccc(CO)cc1. The molecule has 1 amide bonds. The van der Waals surface area contributed by atoms with Gasteiger partial charge >= 0.3 is 5.97 Å². The predicted octanol–water partition coefficient (Wildman–Crippen LogP) is 5.42. The Morgan fingerprint density at radius 1 is 1.05 bits per heavy atom. The number of anilines is 1. The topological polar surface area (TPSA) is 110 Å². The van der Waals surface area contributed by atoms with E-state index in [0.29, 0.717) is 17.8 Å². The molecular formula is C34H41N3O6. The van der Waals surface area contributed by atoms with Crippen LogP contribution in [0.1, 0.15) is 80.0 Å². The number of aliphatic hydroxyl groups excluding tert-OH is 1. The van der Waals surface area contributed by atoms with Crippen LogP contribution >= 0.6 is 0 Å². The molecule has 2 N–H and O–H groups in total. The smallest absolute Gasteiger partial charge is 0.323 e. The van der Waals surface area contributed by atoms with E-state index in [2.05, 4.69) is 22.1 Å². The number of carbonyl (C=O) groups is 2. The summed E-state index contributed by atoms with van der Waals surface area (Å²) >= 11 is 0. The van der Waals surface area contributed by atoms with E-state index in [-0.39, 0.29) is 42.7 Å². The lowest BCUT2D eigenvalue weighted by atomic mass is 9.90. The van der Waals surface area contributed by atoms with Crippen molar-refractivity contribution in [2.24, 2.45) is 5.92 Å². The van der Waals surface area contributed by atoms with Crippen LogP contribution in [0.15, 0.2) is 73.1 Å². The molecule has 5 atom stereocenters. The van der Waals surface area contributed by atoms with Crippen molar-refractivity contribution in [3.05, 3.63) is 95.3 Å². The molecule has 9 nitrogen and oxygen atoms in total. The Hall–Kier alpha value is -3.63. The number of hydrogen-bond acceptors (Lipinski definition) is 8. The number of nitrogens with zero attached hydrogens (tertiary/aromatic N) is 2. The Labute approximate surface area is 253 Å². The second kappa shape index (κ2) is 13.3. The first-order valence-corrected chi connectivity index (χ1v) is 14.9. The standard InChI is InChI=1S/C34H41N3O6/c1-22-29(20-37-18-6-8-28(37)32(40)43-34(2,3)4)41-33(42-30(22)24-11-9-23(21-38)10-12-24)25-13-15-27(16-14-25)36-31(39)26-7-5-17-35-19-26/h5,7,9-17,19,22,28-30,33,38H,6,8,18,20-21H2,1-4H3,(H,36,39)/t22-,28+,29+,30+,33+/m1/s1. The summed E-state index contributed by atoms with van der Waals surface area (Å²) in [5.41, 5.74) is 3.22. The van der Waals surface area contributed by atoms with Crippen molar-refractivity contribution in [2.75, 3.05) is 18.4 Å². The van der Waals surface area contributed by atoms with Gasteiger partial charge in [-0.1, -0.05) is 43.3 Å². The van der Waals surface area contributed by atoms with Crippen molar-refractivity contribution in [3.8, 4) is 0 Å². The van der Waals surface area contributed by atoms with Crippen molar-refractivity contribution in [3.63, 3.8) is 0 Å². The highest BCUT2D eigenvalue weighted by molar-refractivity contribution is 6.04. The number of pyridine rings is 1. The zero-order valence-corrected chi connectivity index (χ0v) is 25.2. The lowest BCUT2D eigenvalue weighted by Crippen LogP contribution is -2.48. The maximum absolute atomic E-state index is 13.0. The molecule has 3 heterocycles. The number of likely N-dealkylation sites (tertiary alicyclic amines) is 1. The Morgan fingerprint density at radius 2 is 1.77 bits per heavy atom. The quantitative estimate of drug-likeness (QED) is 0.336. The lowest BCUT2D eigenvalue weighted by Gasteiger charge is -2.43. The molecular weight excluding hydrogens is 546 g/mol. The molecule has 0 unspecified atom stereocenters. The zero-order valence-electron chi connectivity index (χ0n) is 25.2. The molecule has 0 spiro atoms. The zero-order chi connectivity index (χ0) is 30.6. The number of ether oxygens (including phenoxy) is 3. The molecule has 9 heteroatoms. The minimum Gasteiger partial charge on any atom is -0.459 e. The van der Waals surface area contributed by atoms with Crippen LogP contribution in [-0.4, -0.2) is 57.7 Å². The molecule has 2 aliphatic rings. The fraction of sp³-hybridized carbons (Fsp3) is 0.441. The van der Waals surface area contributed by atoms with Gasteiger partial charge in [-0.3, -0.25) is 19.5 Å². The van der Waals surface area contributed by atoms with Gasteiger partial charge in [-0.05, 0) is 75.5 Å². The van der Waals surface area contributed by atoms with E-state index in [0.717, 1.165) is 36.1 Å². The Morgan fingerprint density at radius 3 is 2.42 bits per heavy atom. The maximum Gasteiger partial charge on any atom is 0.323 e. The largest absolute Gasteiger partial charge is 0.459 e. The van der Waals surface area contributed by atoms with E-state index in [1.807, 2.05) is 69.3 Å². The molecule has 2 fully saturated rings. The van der Waals surface area contributed by atoms with Crippen LogP contribution in [0.4, 0.5) is 5.69 Å². The minimum atomic E-state index is -0.658. The number of hydrogen-bond donors (Lipinski definition) is 2. The van der Waals surface area contributed by atoms with Gasteiger partial charge in [-0.25, -0.2) is 0 Å². The molecule has 0 bridgehead atoms. The Kier molecular flexibility index (Phi) is 9.56. The van der Waals surface area contributed by atoms with Crippen LogP contribution in [0.5, 0.6) is 0 Å². The van der Waals surface area contributed by atoms with Crippen molar-refractivity contribution in [1.82, 2.24) is 9.88 Å². The maximum atomic E-state index is 13.0. The highest BCUT2D eigenvalue weighted by atomic mass is 16.7. The van der Waals surface area contributed by atoms with Gasteiger partial charge in [0.05, 0.1) is 24.4 Å². The highest BCUT2D eigenvalue weighted by Crippen LogP contribution is 2.42. The van der Waals surface area contributed by atoms with E-state index in [9.17, 15) is 14.7 Å². The summed E-state index contributed by atoms with van der Waals surface area (Å²) in [5.74, 6) is -0.452. The third kappa shape index (κ3) is 7.67. The molecule has 228 valence electrons. The summed E-state index contributed by atoms with van der Waals surface area (Å²) < 4.78 is 18.9. The van der Waals surface area contributed by atoms with Crippen molar-refractivity contribution < 1.29 is 28.9 Å². The van der Waals surface area contributed by atoms with Crippen LogP contribution in [0, 0.1) is 5.92 Å². The number of nitrogens with one attached hydrogen (secondary N) is 1. The fourth-order valence-corrected chi connectivity index (χ4v) is 5.66. The molecule has 0 aliphatic carbocycles. The monoisotopic (exact) mass is 587 g/mol. The summed E-state index contributed by atoms with van der Waals surface area (Å²) in [6, 6.07) is 18.4. The van der Waals surface area contributed by atoms with Gasteiger partial charge in [0, 0.05) is 36.1 Å². The number of rotatable bonds is 8. The van der Waals surface area contributed by atoms with Crippen LogP contribution in [0.25, 0.3) is 0 Å². The number of esters is 1. The van der Waals surface area contributed by atoms with Gasteiger partial charge in [-0.15, -0.1) is 0 Å². The number of carbonyl (C=O) groups excluding carboxylic acids is 2. The average molecular weight is 588 g/mol. The van der Waals surface area contributed by atoms with Gasteiger partial charge < -0.3 is 24.6 Å². The normalized spacial score (nSPS) is 24.4. The van der Waals surface area contributed by atoms with Crippen molar-refractivity contribution >= 4 is 17.6 Å². The van der Waals surface area contributed by atoms with E-state index >= 15 is 0 Å². The molecule has 5 rings (SSSR count). The molecule has 2 saturated heterocycles. The first-order chi connectivity index (χ1) is 20.6. The second-order valence-corrected chi connectivity index (χ2v) is 12.3. The molecule has 43 heavy (non-hydrogen) atoms. The van der Waals surface area contributed by atoms with Gasteiger partial charge in [0.2, 0.25) is 0 Å². The number of aliphatic hydroxyl groups is 1. The first kappa shape index (κ1) is 30.8. The Balaban J connectivity index is 1.35. The molecule has 2 aliphatic heterocycles.